The molecule has 0 radical (unpaired) electrons. The second-order valence-electron chi connectivity index (χ2n) is 10.5. The first-order chi connectivity index (χ1) is 22.6. The minimum atomic E-state index is -5.07. The Hall–Kier alpha value is -4.66. The second kappa shape index (κ2) is 13.6. The normalized spacial score (nSPS) is 20.8. The van der Waals surface area contributed by atoms with Crippen molar-refractivity contribution >= 4 is 47.3 Å². The van der Waals surface area contributed by atoms with Crippen molar-refractivity contribution in [3.8, 4) is 0 Å². The number of amides is 1. The van der Waals surface area contributed by atoms with E-state index < -0.39 is 66.3 Å². The molecule has 0 bridgehead atoms. The van der Waals surface area contributed by atoms with Gasteiger partial charge >= 0.3 is 13.6 Å². The van der Waals surface area contributed by atoms with Gasteiger partial charge in [-0.3, -0.25) is 18.1 Å². The van der Waals surface area contributed by atoms with Crippen molar-refractivity contribution in [2.75, 3.05) is 5.32 Å². The van der Waals surface area contributed by atoms with E-state index >= 15 is 4.39 Å². The summed E-state index contributed by atoms with van der Waals surface area (Å²) in [6.07, 6.45) is -5.06. The van der Waals surface area contributed by atoms with Gasteiger partial charge in [-0.15, -0.1) is 0 Å². The number of esters is 1. The van der Waals surface area contributed by atoms with Crippen molar-refractivity contribution in [3.05, 3.63) is 115 Å². The van der Waals surface area contributed by atoms with Gasteiger partial charge in [0.1, 0.15) is 11.3 Å². The molecule has 13 nitrogen and oxygen atoms in total. The van der Waals surface area contributed by atoms with Crippen molar-refractivity contribution in [1.82, 2.24) is 19.5 Å². The molecular formula is C31H27FN5O8PS. The molecule has 6 unspecified atom stereocenters. The van der Waals surface area contributed by atoms with E-state index in [4.69, 9.17) is 9.47 Å². The number of carbonyl (C=O) groups is 2. The van der Waals surface area contributed by atoms with E-state index in [1.807, 2.05) is 0 Å². The zero-order chi connectivity index (χ0) is 33.1. The monoisotopic (exact) mass is 679 g/mol. The molecule has 6 rings (SSSR count). The maximum Gasteiger partial charge on any atom is 0.341 e. The molecule has 2 aromatic heterocycles. The van der Waals surface area contributed by atoms with Crippen molar-refractivity contribution in [3.63, 3.8) is 0 Å². The average Bonchev–Trinajstić information content (AvgIpc) is 3.65. The Morgan fingerprint density at radius 3 is 2.21 bits per heavy atom. The van der Waals surface area contributed by atoms with Gasteiger partial charge in [0, 0.05) is 16.9 Å². The SMILES string of the molecule is O=C(Nc1ncnc2c1ncn2C1OC(CC(S(=O)c2ccccc2)P(=O)(O)O)C(F)C1OC(=O)c1ccccc1)c1ccccc1. The van der Waals surface area contributed by atoms with E-state index in [1.165, 1.54) is 35.2 Å². The molecule has 1 saturated heterocycles. The van der Waals surface area contributed by atoms with E-state index in [0.717, 1.165) is 6.33 Å². The smallest absolute Gasteiger partial charge is 0.341 e. The number of fused-ring (bicyclic) bond motifs is 1. The number of aromatic nitrogens is 4. The topological polar surface area (TPSA) is 183 Å². The van der Waals surface area contributed by atoms with Crippen molar-refractivity contribution < 1.29 is 42.0 Å². The van der Waals surface area contributed by atoms with Crippen LogP contribution in [0.1, 0.15) is 33.4 Å². The second-order valence-corrected chi connectivity index (χ2v) is 14.3. The number of rotatable bonds is 10. The van der Waals surface area contributed by atoms with Gasteiger partial charge in [0.2, 0.25) is 0 Å². The Bertz CT molecular complexity index is 1960. The summed E-state index contributed by atoms with van der Waals surface area (Å²) < 4.78 is 55.2. The van der Waals surface area contributed by atoms with Gasteiger partial charge in [0.05, 0.1) is 28.8 Å². The van der Waals surface area contributed by atoms with Gasteiger partial charge in [-0.05, 0) is 36.4 Å². The quantitative estimate of drug-likeness (QED) is 0.142. The number of anilines is 1. The Morgan fingerprint density at radius 2 is 1.57 bits per heavy atom. The molecule has 1 aliphatic heterocycles. The zero-order valence-electron chi connectivity index (χ0n) is 24.3. The molecule has 0 spiro atoms. The highest BCUT2D eigenvalue weighted by atomic mass is 32.2. The first-order valence-corrected chi connectivity index (χ1v) is 17.1. The summed E-state index contributed by atoms with van der Waals surface area (Å²) in [5.74, 6) is -1.29. The lowest BCUT2D eigenvalue weighted by molar-refractivity contribution is -0.0474. The molecule has 1 aliphatic rings. The van der Waals surface area contributed by atoms with E-state index in [2.05, 4.69) is 20.3 Å². The summed E-state index contributed by atoms with van der Waals surface area (Å²) >= 11 is 0. The van der Waals surface area contributed by atoms with Crippen LogP contribution in [0.4, 0.5) is 10.2 Å². The standard InChI is InChI=1S/C31H27FN5O8PS/c32-24-22(16-23(46(40,41)42)47(43)21-14-8-3-9-15-21)44-30(26(24)45-31(39)20-12-6-2-7-13-20)37-18-35-25-27(33-17-34-28(25)37)36-29(38)19-10-4-1-5-11-19/h1-15,17-18,22-24,26,30H,16H2,(H2,40,41,42)(H,33,34,36,38). The molecule has 1 amide bonds. The number of ether oxygens (including phenoxy) is 2. The molecule has 0 aliphatic carbocycles. The van der Waals surface area contributed by atoms with Crippen LogP contribution in [0.3, 0.4) is 0 Å². The molecular weight excluding hydrogens is 652 g/mol. The molecule has 47 heavy (non-hydrogen) atoms. The Kier molecular flexibility index (Phi) is 9.34. The summed E-state index contributed by atoms with van der Waals surface area (Å²) in [6, 6.07) is 23.9. The molecule has 16 heteroatoms. The Balaban J connectivity index is 1.34. The van der Waals surface area contributed by atoms with Crippen LogP contribution in [0, 0.1) is 0 Å². The number of benzene rings is 3. The van der Waals surface area contributed by atoms with Crippen LogP contribution >= 0.6 is 7.60 Å². The molecule has 0 saturated carbocycles. The molecule has 6 atom stereocenters. The summed E-state index contributed by atoms with van der Waals surface area (Å²) in [4.78, 5) is 57.3. The van der Waals surface area contributed by atoms with Crippen LogP contribution in [-0.2, 0) is 24.8 Å². The predicted molar refractivity (Wildman–Crippen MR) is 167 cm³/mol. The summed E-state index contributed by atoms with van der Waals surface area (Å²) in [5, 5.41) is 2.67. The Morgan fingerprint density at radius 1 is 0.957 bits per heavy atom. The van der Waals surface area contributed by atoms with E-state index in [1.54, 1.807) is 66.7 Å². The Labute approximate surface area is 269 Å². The van der Waals surface area contributed by atoms with Crippen LogP contribution in [0.25, 0.3) is 11.2 Å². The minimum absolute atomic E-state index is 0.0478. The molecule has 242 valence electrons. The van der Waals surface area contributed by atoms with Gasteiger partial charge in [-0.2, -0.15) is 0 Å². The summed E-state index contributed by atoms with van der Waals surface area (Å²) in [5.41, 5.74) is 0.692. The molecule has 1 fully saturated rings. The molecule has 3 aromatic carbocycles. The van der Waals surface area contributed by atoms with Gasteiger partial charge in [0.15, 0.2) is 35.5 Å². The zero-order valence-corrected chi connectivity index (χ0v) is 26.0. The molecule has 3 N–H and O–H groups in total. The van der Waals surface area contributed by atoms with Crippen LogP contribution in [0.5, 0.6) is 0 Å². The first kappa shape index (κ1) is 32.3. The van der Waals surface area contributed by atoms with Crippen LogP contribution in [0.2, 0.25) is 0 Å². The fraction of sp³-hybridized carbons (Fsp3) is 0.194. The number of nitrogens with one attached hydrogen (secondary N) is 1. The maximum absolute atomic E-state index is 16.3. The number of hydrogen-bond donors (Lipinski definition) is 3. The van der Waals surface area contributed by atoms with Crippen LogP contribution in [-0.4, -0.2) is 68.8 Å². The van der Waals surface area contributed by atoms with Crippen LogP contribution < -0.4 is 5.32 Å². The van der Waals surface area contributed by atoms with Crippen LogP contribution in [0.15, 0.2) is 109 Å². The maximum atomic E-state index is 16.3. The number of nitrogens with zero attached hydrogens (tertiary/aromatic N) is 4. The number of imidazole rings is 1. The highest BCUT2D eigenvalue weighted by Gasteiger charge is 2.52. The number of halogens is 1. The van der Waals surface area contributed by atoms with Crippen molar-refractivity contribution in [2.24, 2.45) is 0 Å². The number of hydrogen-bond acceptors (Lipinski definition) is 9. The van der Waals surface area contributed by atoms with Crippen molar-refractivity contribution in [1.29, 1.82) is 0 Å². The predicted octanol–water partition coefficient (Wildman–Crippen LogP) is 4.24. The third-order valence-corrected chi connectivity index (χ3v) is 11.2. The average molecular weight is 680 g/mol. The minimum Gasteiger partial charge on any atom is -0.451 e. The first-order valence-electron chi connectivity index (χ1n) is 14.2. The third kappa shape index (κ3) is 6.89. The van der Waals surface area contributed by atoms with E-state index in [-0.39, 0.29) is 27.4 Å². The summed E-state index contributed by atoms with van der Waals surface area (Å²) in [6.45, 7) is 0. The van der Waals surface area contributed by atoms with Gasteiger partial charge < -0.3 is 24.6 Å². The lowest BCUT2D eigenvalue weighted by Gasteiger charge is -2.22. The highest BCUT2D eigenvalue weighted by Crippen LogP contribution is 2.49. The van der Waals surface area contributed by atoms with E-state index in [9.17, 15) is 28.1 Å². The van der Waals surface area contributed by atoms with Gasteiger partial charge in [0.25, 0.3) is 5.91 Å². The highest BCUT2D eigenvalue weighted by molar-refractivity contribution is 7.93. The molecule has 5 aromatic rings. The fourth-order valence-corrected chi connectivity index (χ4v) is 8.11. The lowest BCUT2D eigenvalue weighted by atomic mass is 10.1. The molecule has 3 heterocycles. The van der Waals surface area contributed by atoms with E-state index in [0.29, 0.717) is 5.56 Å². The number of alkyl halides is 1. The van der Waals surface area contributed by atoms with Gasteiger partial charge in [-0.1, -0.05) is 54.6 Å². The largest absolute Gasteiger partial charge is 0.451 e. The lowest BCUT2D eigenvalue weighted by Crippen LogP contribution is -2.34. The van der Waals surface area contributed by atoms with Crippen molar-refractivity contribution in [2.45, 2.75) is 40.9 Å². The third-order valence-electron chi connectivity index (χ3n) is 7.45. The van der Waals surface area contributed by atoms with Gasteiger partial charge in [-0.25, -0.2) is 24.1 Å². The summed E-state index contributed by atoms with van der Waals surface area (Å²) in [7, 11) is -7.32. The number of carbonyl (C=O) groups excluding carboxylic acids is 2. The fourth-order valence-electron chi connectivity index (χ4n) is 5.16.